The second-order valence-corrected chi connectivity index (χ2v) is 5.77. The van der Waals surface area contributed by atoms with Crippen molar-refractivity contribution in [3.8, 4) is 5.75 Å². The van der Waals surface area contributed by atoms with E-state index in [-0.39, 0.29) is 6.61 Å². The Balaban J connectivity index is 1.80. The Bertz CT molecular complexity index is 587. The molecular weight excluding hydrogens is 286 g/mol. The van der Waals surface area contributed by atoms with E-state index in [0.717, 1.165) is 11.4 Å². The Labute approximate surface area is 128 Å². The fraction of sp³-hybridized carbons (Fsp3) is 0.333. The van der Waals surface area contributed by atoms with Crippen LogP contribution in [0, 0.1) is 13.8 Å². The second kappa shape index (κ2) is 7.28. The zero-order valence-corrected chi connectivity index (χ0v) is 12.9. The summed E-state index contributed by atoms with van der Waals surface area (Å²) < 4.78 is 5.50. The fourth-order valence-electron chi connectivity index (χ4n) is 1.77. The monoisotopic (exact) mass is 305 g/mol. The highest BCUT2D eigenvalue weighted by Crippen LogP contribution is 2.17. The first kappa shape index (κ1) is 15.6. The highest BCUT2D eigenvalue weighted by Gasteiger charge is 2.09. The molecule has 112 valence electrons. The number of aliphatic hydroxyl groups is 1. The van der Waals surface area contributed by atoms with Gasteiger partial charge in [-0.2, -0.15) is 0 Å². The van der Waals surface area contributed by atoms with E-state index in [1.54, 1.807) is 12.1 Å². The largest absolute Gasteiger partial charge is 0.491 e. The Morgan fingerprint density at radius 3 is 2.62 bits per heavy atom. The fourth-order valence-corrected chi connectivity index (χ4v) is 2.63. The van der Waals surface area contributed by atoms with Crippen molar-refractivity contribution in [1.82, 2.24) is 9.97 Å². The number of nitrogens with two attached hydrogens (primary N) is 1. The Kier molecular flexibility index (Phi) is 5.41. The number of aliphatic hydroxyl groups excluding tert-OH is 1. The molecule has 0 saturated carbocycles. The molecule has 0 amide bonds. The summed E-state index contributed by atoms with van der Waals surface area (Å²) in [6, 6.07) is 9.06. The molecule has 5 nitrogen and oxygen atoms in total. The highest BCUT2D eigenvalue weighted by molar-refractivity contribution is 7.99. The van der Waals surface area contributed by atoms with Gasteiger partial charge in [0.25, 0.3) is 0 Å². The lowest BCUT2D eigenvalue weighted by Crippen LogP contribution is -2.20. The van der Waals surface area contributed by atoms with E-state index in [2.05, 4.69) is 9.97 Å². The van der Waals surface area contributed by atoms with E-state index in [4.69, 9.17) is 10.5 Å². The number of aromatic nitrogens is 2. The van der Waals surface area contributed by atoms with Crippen molar-refractivity contribution >= 4 is 17.4 Å². The topological polar surface area (TPSA) is 81.3 Å². The maximum atomic E-state index is 9.95. The number of benzene rings is 1. The number of thioether (sulfide) groups is 1. The van der Waals surface area contributed by atoms with Gasteiger partial charge >= 0.3 is 0 Å². The summed E-state index contributed by atoms with van der Waals surface area (Å²) in [4.78, 5) is 8.64. The van der Waals surface area contributed by atoms with Crippen LogP contribution in [0.5, 0.6) is 5.75 Å². The molecule has 1 atom stereocenters. The number of nitrogen functional groups attached to an aromatic ring is 1. The van der Waals surface area contributed by atoms with Crippen LogP contribution in [0.4, 0.5) is 5.69 Å². The molecule has 21 heavy (non-hydrogen) atoms. The van der Waals surface area contributed by atoms with Gasteiger partial charge in [-0.25, -0.2) is 9.97 Å². The summed E-state index contributed by atoms with van der Waals surface area (Å²) in [6.07, 6.45) is -0.596. The zero-order chi connectivity index (χ0) is 15.2. The lowest BCUT2D eigenvalue weighted by molar-refractivity contribution is 0.126. The molecule has 0 radical (unpaired) electrons. The maximum absolute atomic E-state index is 9.95. The molecule has 1 aromatic heterocycles. The van der Waals surface area contributed by atoms with Crippen LogP contribution in [-0.4, -0.2) is 33.5 Å². The van der Waals surface area contributed by atoms with Gasteiger partial charge < -0.3 is 15.6 Å². The lowest BCUT2D eigenvalue weighted by Gasteiger charge is -2.12. The number of nitrogens with zero attached hydrogens (tertiary/aromatic N) is 2. The van der Waals surface area contributed by atoms with Crippen molar-refractivity contribution < 1.29 is 9.84 Å². The third-order valence-electron chi connectivity index (χ3n) is 2.67. The van der Waals surface area contributed by atoms with Gasteiger partial charge in [0, 0.05) is 28.9 Å². The average molecular weight is 305 g/mol. The van der Waals surface area contributed by atoms with Crippen molar-refractivity contribution in [2.75, 3.05) is 18.1 Å². The summed E-state index contributed by atoms with van der Waals surface area (Å²) in [5.74, 6) is 1.13. The number of anilines is 1. The predicted octanol–water partition coefficient (Wildman–Crippen LogP) is 2.21. The van der Waals surface area contributed by atoms with E-state index in [1.165, 1.54) is 11.8 Å². The molecule has 0 spiro atoms. The zero-order valence-electron chi connectivity index (χ0n) is 12.1. The number of rotatable bonds is 6. The Hall–Kier alpha value is -1.79. The van der Waals surface area contributed by atoms with E-state index in [9.17, 15) is 5.11 Å². The first-order chi connectivity index (χ1) is 10.0. The maximum Gasteiger partial charge on any atom is 0.188 e. The van der Waals surface area contributed by atoms with Crippen LogP contribution in [0.15, 0.2) is 35.5 Å². The minimum Gasteiger partial charge on any atom is -0.491 e. The molecule has 1 heterocycles. The summed E-state index contributed by atoms with van der Waals surface area (Å²) in [7, 11) is 0. The molecule has 0 bridgehead atoms. The number of ether oxygens (including phenoxy) is 1. The van der Waals surface area contributed by atoms with Crippen LogP contribution >= 0.6 is 11.8 Å². The molecule has 2 rings (SSSR count). The first-order valence-corrected chi connectivity index (χ1v) is 7.63. The molecule has 1 aromatic carbocycles. The Morgan fingerprint density at radius 2 is 1.95 bits per heavy atom. The van der Waals surface area contributed by atoms with Crippen LogP contribution < -0.4 is 10.5 Å². The number of hydrogen-bond donors (Lipinski definition) is 2. The highest BCUT2D eigenvalue weighted by atomic mass is 32.2. The third kappa shape index (κ3) is 5.24. The molecule has 6 heteroatoms. The summed E-state index contributed by atoms with van der Waals surface area (Å²) in [6.45, 7) is 4.07. The normalized spacial score (nSPS) is 12.1. The SMILES string of the molecule is Cc1cc(C)nc(SCC(O)COc2cccc(N)c2)n1. The summed E-state index contributed by atoms with van der Waals surface area (Å²) in [5, 5.41) is 10.6. The van der Waals surface area contributed by atoms with E-state index in [1.807, 2.05) is 32.0 Å². The first-order valence-electron chi connectivity index (χ1n) is 6.64. The number of hydrogen-bond acceptors (Lipinski definition) is 6. The van der Waals surface area contributed by atoms with E-state index >= 15 is 0 Å². The molecule has 3 N–H and O–H groups in total. The minimum atomic E-state index is -0.596. The molecule has 1 unspecified atom stereocenters. The third-order valence-corrected chi connectivity index (χ3v) is 3.66. The van der Waals surface area contributed by atoms with Gasteiger partial charge in [-0.05, 0) is 32.0 Å². The molecule has 0 aliphatic heterocycles. The van der Waals surface area contributed by atoms with Crippen LogP contribution in [-0.2, 0) is 0 Å². The number of aryl methyl sites for hydroxylation is 2. The standard InChI is InChI=1S/C15H19N3O2S/c1-10-6-11(2)18-15(17-10)21-9-13(19)8-20-14-5-3-4-12(16)7-14/h3-7,13,19H,8-9,16H2,1-2H3. The summed E-state index contributed by atoms with van der Waals surface area (Å²) in [5.41, 5.74) is 8.16. The average Bonchev–Trinajstić information content (AvgIpc) is 2.42. The van der Waals surface area contributed by atoms with Crippen molar-refractivity contribution in [3.05, 3.63) is 41.7 Å². The van der Waals surface area contributed by atoms with E-state index in [0.29, 0.717) is 22.3 Å². The van der Waals surface area contributed by atoms with Gasteiger partial charge in [0.05, 0.1) is 6.10 Å². The molecular formula is C15H19N3O2S. The quantitative estimate of drug-likeness (QED) is 0.484. The van der Waals surface area contributed by atoms with Crippen LogP contribution in [0.3, 0.4) is 0 Å². The second-order valence-electron chi connectivity index (χ2n) is 4.78. The smallest absolute Gasteiger partial charge is 0.188 e. The molecule has 0 saturated heterocycles. The van der Waals surface area contributed by atoms with Crippen molar-refractivity contribution in [3.63, 3.8) is 0 Å². The Morgan fingerprint density at radius 1 is 1.24 bits per heavy atom. The van der Waals surface area contributed by atoms with Gasteiger partial charge in [0.15, 0.2) is 5.16 Å². The molecule has 0 aliphatic rings. The van der Waals surface area contributed by atoms with Gasteiger partial charge in [0.2, 0.25) is 0 Å². The van der Waals surface area contributed by atoms with Crippen LogP contribution in [0.2, 0.25) is 0 Å². The van der Waals surface area contributed by atoms with Gasteiger partial charge in [-0.1, -0.05) is 17.8 Å². The van der Waals surface area contributed by atoms with Crippen molar-refractivity contribution in [2.45, 2.75) is 25.1 Å². The van der Waals surface area contributed by atoms with E-state index < -0.39 is 6.10 Å². The van der Waals surface area contributed by atoms with Crippen LogP contribution in [0.1, 0.15) is 11.4 Å². The van der Waals surface area contributed by atoms with Crippen LogP contribution in [0.25, 0.3) is 0 Å². The van der Waals surface area contributed by atoms with Gasteiger partial charge in [-0.15, -0.1) is 0 Å². The lowest BCUT2D eigenvalue weighted by atomic mass is 10.3. The molecule has 2 aromatic rings. The predicted molar refractivity (Wildman–Crippen MR) is 84.6 cm³/mol. The van der Waals surface area contributed by atoms with Crippen molar-refractivity contribution in [1.29, 1.82) is 0 Å². The van der Waals surface area contributed by atoms with Gasteiger partial charge in [-0.3, -0.25) is 0 Å². The minimum absolute atomic E-state index is 0.210. The molecule has 0 aliphatic carbocycles. The summed E-state index contributed by atoms with van der Waals surface area (Å²) >= 11 is 1.42. The van der Waals surface area contributed by atoms with Crippen molar-refractivity contribution in [2.24, 2.45) is 0 Å². The molecule has 0 fully saturated rings. The van der Waals surface area contributed by atoms with Gasteiger partial charge in [0.1, 0.15) is 12.4 Å².